The molecule has 1 N–H and O–H groups in total. The van der Waals surface area contributed by atoms with Crippen molar-refractivity contribution in [3.05, 3.63) is 27.6 Å². The molecule has 8 heteroatoms. The van der Waals surface area contributed by atoms with Gasteiger partial charge in [-0.1, -0.05) is 6.92 Å². The summed E-state index contributed by atoms with van der Waals surface area (Å²) in [5.41, 5.74) is 0.396. The molecule has 2 heterocycles. The molecule has 0 bridgehead atoms. The van der Waals surface area contributed by atoms with E-state index in [4.69, 9.17) is 0 Å². The van der Waals surface area contributed by atoms with Crippen molar-refractivity contribution in [3.8, 4) is 0 Å². The Hall–Kier alpha value is -1.25. The second kappa shape index (κ2) is 5.75. The molecule has 0 amide bonds. The fraction of sp³-hybridized carbons (Fsp3) is 0.571. The normalized spacial score (nSPS) is 17.2. The molecule has 0 radical (unpaired) electrons. The fourth-order valence-electron chi connectivity index (χ4n) is 2.57. The predicted octanol–water partition coefficient (Wildman–Crippen LogP) is 1.79. The van der Waals surface area contributed by atoms with Gasteiger partial charge < -0.3 is 4.98 Å². The lowest BCUT2D eigenvalue weighted by Gasteiger charge is -2.19. The third-order valence-electron chi connectivity index (χ3n) is 4.11. The van der Waals surface area contributed by atoms with Crippen molar-refractivity contribution in [1.29, 1.82) is 0 Å². The van der Waals surface area contributed by atoms with Crippen LogP contribution in [-0.4, -0.2) is 35.5 Å². The molecule has 0 saturated heterocycles. The van der Waals surface area contributed by atoms with Gasteiger partial charge in [-0.25, -0.2) is 13.4 Å². The van der Waals surface area contributed by atoms with Gasteiger partial charge in [-0.3, -0.25) is 4.79 Å². The van der Waals surface area contributed by atoms with Gasteiger partial charge in [-0.2, -0.15) is 4.31 Å². The topological polar surface area (TPSA) is 83.1 Å². The van der Waals surface area contributed by atoms with Crippen LogP contribution in [0.4, 0.5) is 0 Å². The molecule has 1 unspecified atom stereocenters. The van der Waals surface area contributed by atoms with E-state index < -0.39 is 10.0 Å². The average Bonchev–Trinajstić information content (AvgIpc) is 3.17. The van der Waals surface area contributed by atoms with Crippen molar-refractivity contribution >= 4 is 31.6 Å². The molecule has 1 aliphatic rings. The summed E-state index contributed by atoms with van der Waals surface area (Å²) in [7, 11) is -1.81. The zero-order valence-electron chi connectivity index (χ0n) is 12.6. The van der Waals surface area contributed by atoms with Gasteiger partial charge in [-0.15, -0.1) is 11.3 Å². The molecule has 1 fully saturated rings. The molecule has 0 aromatic carbocycles. The summed E-state index contributed by atoms with van der Waals surface area (Å²) in [6, 6.07) is 1.77. The van der Waals surface area contributed by atoms with E-state index in [0.717, 1.165) is 12.8 Å². The Kier molecular flexibility index (Phi) is 4.09. The lowest BCUT2D eigenvalue weighted by atomic mass is 10.1. The molecule has 0 spiro atoms. The van der Waals surface area contributed by atoms with E-state index in [1.807, 2.05) is 6.92 Å². The number of thiophene rings is 1. The number of nitrogens with zero attached hydrogens (tertiary/aromatic N) is 2. The summed E-state index contributed by atoms with van der Waals surface area (Å²) in [5, 5.41) is 1.80. The Labute approximate surface area is 133 Å². The van der Waals surface area contributed by atoms with Crippen molar-refractivity contribution in [2.45, 2.75) is 26.3 Å². The van der Waals surface area contributed by atoms with Crippen LogP contribution in [0.15, 0.2) is 16.2 Å². The molecule has 1 saturated carbocycles. The first kappa shape index (κ1) is 15.6. The third kappa shape index (κ3) is 3.23. The lowest BCUT2D eigenvalue weighted by molar-refractivity contribution is 0.441. The highest BCUT2D eigenvalue weighted by atomic mass is 32.2. The van der Waals surface area contributed by atoms with Crippen LogP contribution in [0, 0.1) is 11.8 Å². The number of fused-ring (bicyclic) bond motifs is 1. The molecule has 6 nitrogen and oxygen atoms in total. The lowest BCUT2D eigenvalue weighted by Crippen LogP contribution is -2.32. The summed E-state index contributed by atoms with van der Waals surface area (Å²) in [6.07, 6.45) is 2.26. The number of hydrogen-bond donors (Lipinski definition) is 1. The minimum absolute atomic E-state index is 0.0841. The highest BCUT2D eigenvalue weighted by molar-refractivity contribution is 7.89. The Bertz CT molecular complexity index is 836. The molecule has 0 aliphatic heterocycles. The summed E-state index contributed by atoms with van der Waals surface area (Å²) in [5.74, 6) is 1.25. The van der Waals surface area contributed by atoms with Crippen molar-refractivity contribution < 1.29 is 8.42 Å². The standard InChI is InChI=1S/C14H19N3O3S2/c1-9(10-3-4-10)8-22(19,20)17(2)7-12-15-11-5-6-21-13(11)14(18)16-12/h5-6,9-10H,3-4,7-8H2,1-2H3,(H,15,16,18). The number of aromatic nitrogens is 2. The van der Waals surface area contributed by atoms with Crippen LogP contribution >= 0.6 is 11.3 Å². The monoisotopic (exact) mass is 341 g/mol. The molecule has 120 valence electrons. The largest absolute Gasteiger partial charge is 0.308 e. The Balaban J connectivity index is 1.76. The summed E-state index contributed by atoms with van der Waals surface area (Å²) >= 11 is 1.33. The van der Waals surface area contributed by atoms with Crippen molar-refractivity contribution in [1.82, 2.24) is 14.3 Å². The van der Waals surface area contributed by atoms with Crippen LogP contribution in [0.2, 0.25) is 0 Å². The van der Waals surface area contributed by atoms with E-state index in [2.05, 4.69) is 9.97 Å². The van der Waals surface area contributed by atoms with E-state index in [9.17, 15) is 13.2 Å². The minimum atomic E-state index is -3.34. The van der Waals surface area contributed by atoms with Crippen molar-refractivity contribution in [2.24, 2.45) is 11.8 Å². The van der Waals surface area contributed by atoms with Gasteiger partial charge in [0.05, 0.1) is 17.8 Å². The van der Waals surface area contributed by atoms with E-state index >= 15 is 0 Å². The average molecular weight is 341 g/mol. The second-order valence-corrected chi connectivity index (χ2v) is 9.03. The zero-order valence-corrected chi connectivity index (χ0v) is 14.2. The fourth-order valence-corrected chi connectivity index (χ4v) is 4.80. The number of sulfonamides is 1. The SMILES string of the molecule is CC(CS(=O)(=O)N(C)Cc1nc2ccsc2c(=O)[nH]1)C1CC1. The van der Waals surface area contributed by atoms with E-state index in [0.29, 0.717) is 22.0 Å². The minimum Gasteiger partial charge on any atom is -0.308 e. The van der Waals surface area contributed by atoms with Gasteiger partial charge in [0.25, 0.3) is 5.56 Å². The first-order valence-electron chi connectivity index (χ1n) is 7.27. The Morgan fingerprint density at radius 1 is 1.50 bits per heavy atom. The maximum absolute atomic E-state index is 12.4. The molecule has 2 aromatic heterocycles. The van der Waals surface area contributed by atoms with Gasteiger partial charge >= 0.3 is 0 Å². The number of hydrogen-bond acceptors (Lipinski definition) is 5. The number of rotatable bonds is 6. The molecular weight excluding hydrogens is 322 g/mol. The Morgan fingerprint density at radius 2 is 2.23 bits per heavy atom. The first-order valence-corrected chi connectivity index (χ1v) is 9.76. The van der Waals surface area contributed by atoms with Crippen molar-refractivity contribution in [2.75, 3.05) is 12.8 Å². The van der Waals surface area contributed by atoms with Gasteiger partial charge in [0.1, 0.15) is 10.5 Å². The van der Waals surface area contributed by atoms with E-state index in [-0.39, 0.29) is 23.8 Å². The van der Waals surface area contributed by atoms with Crippen LogP contribution in [0.1, 0.15) is 25.6 Å². The highest BCUT2D eigenvalue weighted by Gasteiger charge is 2.32. The van der Waals surface area contributed by atoms with Crippen LogP contribution in [0.3, 0.4) is 0 Å². The maximum atomic E-state index is 12.4. The van der Waals surface area contributed by atoms with E-state index in [1.165, 1.54) is 22.7 Å². The smallest absolute Gasteiger partial charge is 0.268 e. The molecule has 1 atom stereocenters. The van der Waals surface area contributed by atoms with Gasteiger partial charge in [0, 0.05) is 7.05 Å². The summed E-state index contributed by atoms with van der Waals surface area (Å²) < 4.78 is 26.6. The molecule has 2 aromatic rings. The number of H-pyrrole nitrogens is 1. The highest BCUT2D eigenvalue weighted by Crippen LogP contribution is 2.37. The second-order valence-electron chi connectivity index (χ2n) is 6.00. The van der Waals surface area contributed by atoms with Crippen LogP contribution < -0.4 is 5.56 Å². The quantitative estimate of drug-likeness (QED) is 0.868. The number of nitrogens with one attached hydrogen (secondary N) is 1. The van der Waals surface area contributed by atoms with Gasteiger partial charge in [0.2, 0.25) is 10.0 Å². The van der Waals surface area contributed by atoms with Gasteiger partial charge in [-0.05, 0) is 36.1 Å². The predicted molar refractivity (Wildman–Crippen MR) is 87.4 cm³/mol. The first-order chi connectivity index (χ1) is 10.4. The molecular formula is C14H19N3O3S2. The van der Waals surface area contributed by atoms with Gasteiger partial charge in [0.15, 0.2) is 0 Å². The van der Waals surface area contributed by atoms with Crippen LogP contribution in [0.25, 0.3) is 10.2 Å². The van der Waals surface area contributed by atoms with Crippen molar-refractivity contribution in [3.63, 3.8) is 0 Å². The summed E-state index contributed by atoms with van der Waals surface area (Å²) in [6.45, 7) is 2.07. The molecule has 1 aliphatic carbocycles. The van der Waals surface area contributed by atoms with E-state index in [1.54, 1.807) is 11.4 Å². The zero-order chi connectivity index (χ0) is 15.9. The summed E-state index contributed by atoms with van der Waals surface area (Å²) in [4.78, 5) is 18.9. The number of aromatic amines is 1. The molecule has 22 heavy (non-hydrogen) atoms. The molecule has 3 rings (SSSR count). The Morgan fingerprint density at radius 3 is 2.91 bits per heavy atom. The third-order valence-corrected chi connectivity index (χ3v) is 7.04. The van der Waals surface area contributed by atoms with Crippen LogP contribution in [-0.2, 0) is 16.6 Å². The van der Waals surface area contributed by atoms with Crippen LogP contribution in [0.5, 0.6) is 0 Å². The maximum Gasteiger partial charge on any atom is 0.268 e.